The zero-order chi connectivity index (χ0) is 11.6. The van der Waals surface area contributed by atoms with Gasteiger partial charge < -0.3 is 9.47 Å². The number of ketones is 1. The van der Waals surface area contributed by atoms with Crippen LogP contribution in [0.2, 0.25) is 0 Å². The number of Topliss-reactive ketones (excluding diaryl/α,β-unsaturated/α-hetero) is 1. The first-order valence-corrected chi connectivity index (χ1v) is 6.03. The minimum absolute atomic E-state index is 0.0205. The summed E-state index contributed by atoms with van der Waals surface area (Å²) in [6.45, 7) is 8.46. The van der Waals surface area contributed by atoms with Crippen molar-refractivity contribution < 1.29 is 14.3 Å². The fourth-order valence-electron chi connectivity index (χ4n) is 2.29. The van der Waals surface area contributed by atoms with E-state index in [1.54, 1.807) is 0 Å². The van der Waals surface area contributed by atoms with E-state index in [2.05, 4.69) is 18.7 Å². The molecule has 2 aliphatic rings. The average Bonchev–Trinajstić information content (AvgIpc) is 2.74. The molecule has 0 N–H and O–H groups in total. The molecule has 0 aromatic carbocycles. The Hall–Kier alpha value is -0.450. The largest absolute Gasteiger partial charge is 0.381 e. The third-order valence-electron chi connectivity index (χ3n) is 3.55. The van der Waals surface area contributed by atoms with Crippen molar-refractivity contribution in [2.75, 3.05) is 39.5 Å². The molecular formula is C12H21NO3. The van der Waals surface area contributed by atoms with Crippen LogP contribution >= 0.6 is 0 Å². The highest BCUT2D eigenvalue weighted by Gasteiger charge is 2.34. The first-order valence-electron chi connectivity index (χ1n) is 6.03. The maximum Gasteiger partial charge on any atom is 0.152 e. The number of hydrogen-bond donors (Lipinski definition) is 0. The molecule has 2 saturated heterocycles. The van der Waals surface area contributed by atoms with Gasteiger partial charge in [-0.15, -0.1) is 0 Å². The first-order chi connectivity index (χ1) is 7.59. The SMILES string of the molecule is CC1(C)COCCN1CC(=O)C1CCOC1. The lowest BCUT2D eigenvalue weighted by Gasteiger charge is -2.41. The highest BCUT2D eigenvalue weighted by molar-refractivity contribution is 5.83. The molecule has 0 aromatic rings. The third kappa shape index (κ3) is 2.62. The van der Waals surface area contributed by atoms with Crippen molar-refractivity contribution in [2.45, 2.75) is 25.8 Å². The number of carbonyl (C=O) groups excluding carboxylic acids is 1. The Balaban J connectivity index is 1.89. The van der Waals surface area contributed by atoms with Crippen LogP contribution in [0.3, 0.4) is 0 Å². The lowest BCUT2D eigenvalue weighted by atomic mass is 9.98. The highest BCUT2D eigenvalue weighted by atomic mass is 16.5. The highest BCUT2D eigenvalue weighted by Crippen LogP contribution is 2.21. The Morgan fingerprint density at radius 2 is 2.19 bits per heavy atom. The topological polar surface area (TPSA) is 38.8 Å². The molecule has 0 spiro atoms. The zero-order valence-corrected chi connectivity index (χ0v) is 10.2. The summed E-state index contributed by atoms with van der Waals surface area (Å²) in [6.07, 6.45) is 0.892. The summed E-state index contributed by atoms with van der Waals surface area (Å²) in [6, 6.07) is 0. The van der Waals surface area contributed by atoms with E-state index in [1.165, 1.54) is 0 Å². The Morgan fingerprint density at radius 3 is 2.81 bits per heavy atom. The molecule has 2 aliphatic heterocycles. The lowest BCUT2D eigenvalue weighted by molar-refractivity contribution is -0.129. The molecule has 4 nitrogen and oxygen atoms in total. The average molecular weight is 227 g/mol. The molecule has 2 rings (SSSR count). The Labute approximate surface area is 96.9 Å². The molecule has 0 radical (unpaired) electrons. The molecule has 0 saturated carbocycles. The van der Waals surface area contributed by atoms with Crippen molar-refractivity contribution in [3.63, 3.8) is 0 Å². The van der Waals surface area contributed by atoms with Crippen molar-refractivity contribution in [1.29, 1.82) is 0 Å². The first kappa shape index (κ1) is 12.0. The third-order valence-corrected chi connectivity index (χ3v) is 3.55. The molecule has 0 bridgehead atoms. The summed E-state index contributed by atoms with van der Waals surface area (Å²) in [4.78, 5) is 14.3. The molecular weight excluding hydrogens is 206 g/mol. The van der Waals surface area contributed by atoms with Gasteiger partial charge in [0.2, 0.25) is 0 Å². The van der Waals surface area contributed by atoms with E-state index in [-0.39, 0.29) is 11.5 Å². The summed E-state index contributed by atoms with van der Waals surface area (Å²) in [5.41, 5.74) is -0.0205. The Bertz CT molecular complexity index is 259. The Kier molecular flexibility index (Phi) is 3.62. The smallest absolute Gasteiger partial charge is 0.152 e. The minimum Gasteiger partial charge on any atom is -0.381 e. The summed E-state index contributed by atoms with van der Waals surface area (Å²) in [5, 5.41) is 0. The van der Waals surface area contributed by atoms with Gasteiger partial charge in [-0.05, 0) is 20.3 Å². The van der Waals surface area contributed by atoms with E-state index < -0.39 is 0 Å². The van der Waals surface area contributed by atoms with Crippen LogP contribution in [0.4, 0.5) is 0 Å². The van der Waals surface area contributed by atoms with E-state index in [0.29, 0.717) is 25.5 Å². The van der Waals surface area contributed by atoms with Gasteiger partial charge in [-0.25, -0.2) is 0 Å². The van der Waals surface area contributed by atoms with Gasteiger partial charge in [0, 0.05) is 24.6 Å². The minimum atomic E-state index is -0.0205. The van der Waals surface area contributed by atoms with Crippen molar-refractivity contribution in [3.05, 3.63) is 0 Å². The van der Waals surface area contributed by atoms with Crippen LogP contribution in [0.1, 0.15) is 20.3 Å². The Morgan fingerprint density at radius 1 is 1.38 bits per heavy atom. The van der Waals surface area contributed by atoms with Crippen LogP contribution in [0.15, 0.2) is 0 Å². The van der Waals surface area contributed by atoms with Gasteiger partial charge in [0.25, 0.3) is 0 Å². The fourth-order valence-corrected chi connectivity index (χ4v) is 2.29. The normalized spacial score (nSPS) is 30.5. The van der Waals surface area contributed by atoms with E-state index in [1.807, 2.05) is 0 Å². The van der Waals surface area contributed by atoms with Crippen LogP contribution in [0, 0.1) is 5.92 Å². The van der Waals surface area contributed by atoms with E-state index in [4.69, 9.17) is 9.47 Å². The number of rotatable bonds is 3. The predicted molar refractivity (Wildman–Crippen MR) is 60.4 cm³/mol. The van der Waals surface area contributed by atoms with Gasteiger partial charge in [-0.1, -0.05) is 0 Å². The van der Waals surface area contributed by atoms with E-state index in [0.717, 1.165) is 26.2 Å². The van der Waals surface area contributed by atoms with Gasteiger partial charge in [0.15, 0.2) is 5.78 Å². The summed E-state index contributed by atoms with van der Waals surface area (Å²) < 4.78 is 10.7. The van der Waals surface area contributed by atoms with Crippen LogP contribution in [0.5, 0.6) is 0 Å². The molecule has 16 heavy (non-hydrogen) atoms. The van der Waals surface area contributed by atoms with Gasteiger partial charge in [-0.2, -0.15) is 0 Å². The van der Waals surface area contributed by atoms with Crippen LogP contribution < -0.4 is 0 Å². The number of ether oxygens (including phenoxy) is 2. The molecule has 0 aliphatic carbocycles. The second-order valence-corrected chi connectivity index (χ2v) is 5.31. The predicted octanol–water partition coefficient (Wildman–Crippen LogP) is 0.703. The molecule has 2 heterocycles. The molecule has 1 unspecified atom stereocenters. The van der Waals surface area contributed by atoms with E-state index in [9.17, 15) is 4.79 Å². The van der Waals surface area contributed by atoms with Crippen LogP contribution in [-0.4, -0.2) is 55.7 Å². The number of hydrogen-bond acceptors (Lipinski definition) is 4. The number of nitrogens with zero attached hydrogens (tertiary/aromatic N) is 1. The van der Waals surface area contributed by atoms with Crippen molar-refractivity contribution in [3.8, 4) is 0 Å². The monoisotopic (exact) mass is 227 g/mol. The second-order valence-electron chi connectivity index (χ2n) is 5.31. The molecule has 1 atom stereocenters. The van der Waals surface area contributed by atoms with Crippen LogP contribution in [-0.2, 0) is 14.3 Å². The molecule has 2 fully saturated rings. The standard InChI is InChI=1S/C12H21NO3/c1-12(2)9-16-6-4-13(12)7-11(14)10-3-5-15-8-10/h10H,3-9H2,1-2H3. The van der Waals surface area contributed by atoms with Gasteiger partial charge in [-0.3, -0.25) is 9.69 Å². The zero-order valence-electron chi connectivity index (χ0n) is 10.2. The summed E-state index contributed by atoms with van der Waals surface area (Å²) in [7, 11) is 0. The van der Waals surface area contributed by atoms with Gasteiger partial charge in [0.05, 0.1) is 26.4 Å². The molecule has 4 heteroatoms. The maximum absolute atomic E-state index is 12.0. The fraction of sp³-hybridized carbons (Fsp3) is 0.917. The van der Waals surface area contributed by atoms with Crippen molar-refractivity contribution in [2.24, 2.45) is 5.92 Å². The quantitative estimate of drug-likeness (QED) is 0.711. The summed E-state index contributed by atoms with van der Waals surface area (Å²) >= 11 is 0. The molecule has 0 aromatic heterocycles. The molecule has 0 amide bonds. The van der Waals surface area contributed by atoms with Crippen molar-refractivity contribution in [1.82, 2.24) is 4.90 Å². The van der Waals surface area contributed by atoms with Crippen molar-refractivity contribution >= 4 is 5.78 Å². The maximum atomic E-state index is 12.0. The number of morpholine rings is 1. The van der Waals surface area contributed by atoms with Crippen LogP contribution in [0.25, 0.3) is 0 Å². The van der Waals surface area contributed by atoms with E-state index >= 15 is 0 Å². The van der Waals surface area contributed by atoms with Gasteiger partial charge >= 0.3 is 0 Å². The van der Waals surface area contributed by atoms with Gasteiger partial charge in [0.1, 0.15) is 0 Å². The molecule has 92 valence electrons. The number of carbonyl (C=O) groups is 1. The summed E-state index contributed by atoms with van der Waals surface area (Å²) in [5.74, 6) is 0.450. The lowest BCUT2D eigenvalue weighted by Crippen LogP contribution is -2.55. The second kappa shape index (κ2) is 4.82.